The highest BCUT2D eigenvalue weighted by Crippen LogP contribution is 2.27. The third kappa shape index (κ3) is 5.01. The Hall–Kier alpha value is -2.28. The summed E-state index contributed by atoms with van der Waals surface area (Å²) in [7, 11) is 2.18. The zero-order valence-electron chi connectivity index (χ0n) is 17.4. The maximum atomic E-state index is 13.7. The van der Waals surface area contributed by atoms with Crippen LogP contribution in [-0.4, -0.2) is 69.1 Å². The van der Waals surface area contributed by atoms with Gasteiger partial charge in [0.1, 0.15) is 0 Å². The van der Waals surface area contributed by atoms with Crippen LogP contribution in [0.15, 0.2) is 30.3 Å². The number of likely N-dealkylation sites (tertiary alicyclic amines) is 1. The third-order valence-corrected chi connectivity index (χ3v) is 6.42. The molecule has 2 aliphatic rings. The van der Waals surface area contributed by atoms with E-state index in [1.807, 2.05) is 10.7 Å². The van der Waals surface area contributed by atoms with Crippen molar-refractivity contribution in [3.63, 3.8) is 0 Å². The Morgan fingerprint density at radius 1 is 1.10 bits per heavy atom. The van der Waals surface area contributed by atoms with Crippen molar-refractivity contribution in [2.24, 2.45) is 5.92 Å². The van der Waals surface area contributed by atoms with Crippen LogP contribution >= 0.6 is 0 Å². The number of benzene rings is 1. The van der Waals surface area contributed by atoms with Gasteiger partial charge in [0.05, 0.1) is 5.92 Å². The molecule has 2 aromatic rings. The molecule has 1 saturated heterocycles. The minimum absolute atomic E-state index is 0.206. The first-order valence-corrected chi connectivity index (χ1v) is 11.0. The molecule has 0 N–H and O–H groups in total. The quantitative estimate of drug-likeness (QED) is 0.750. The fraction of sp³-hybridized carbons (Fsp3) is 0.636. The Kier molecular flexibility index (Phi) is 6.54. The van der Waals surface area contributed by atoms with Crippen molar-refractivity contribution in [3.05, 3.63) is 41.7 Å². The summed E-state index contributed by atoms with van der Waals surface area (Å²) in [4.78, 5) is 18.2. The number of carbonyl (C=O) groups excluding carboxylic acids is 1. The first-order chi connectivity index (χ1) is 14.2. The molecule has 1 amide bonds. The number of hydrogen-bond acceptors (Lipinski definition) is 5. The van der Waals surface area contributed by atoms with Crippen LogP contribution in [0.2, 0.25) is 0 Å². The Labute approximate surface area is 173 Å². The second-order valence-corrected chi connectivity index (χ2v) is 8.58. The van der Waals surface area contributed by atoms with Crippen molar-refractivity contribution < 1.29 is 4.79 Å². The molecule has 4 rings (SSSR count). The molecule has 0 radical (unpaired) electrons. The summed E-state index contributed by atoms with van der Waals surface area (Å²) < 4.78 is 1.83. The van der Waals surface area contributed by atoms with Gasteiger partial charge in [0, 0.05) is 19.6 Å². The summed E-state index contributed by atoms with van der Waals surface area (Å²) in [6.45, 7) is 4.65. The van der Waals surface area contributed by atoms with Gasteiger partial charge in [-0.1, -0.05) is 36.8 Å². The van der Waals surface area contributed by atoms with E-state index in [0.29, 0.717) is 5.92 Å². The number of fused-ring (bicyclic) bond motifs is 1. The van der Waals surface area contributed by atoms with Crippen molar-refractivity contribution in [2.45, 2.75) is 51.0 Å². The Balaban J connectivity index is 1.49. The van der Waals surface area contributed by atoms with E-state index in [2.05, 4.69) is 56.6 Å². The molecular formula is C22H32N6O. The van der Waals surface area contributed by atoms with Crippen molar-refractivity contribution in [3.8, 4) is 0 Å². The van der Waals surface area contributed by atoms with Gasteiger partial charge in [0.2, 0.25) is 5.91 Å². The van der Waals surface area contributed by atoms with Crippen LogP contribution in [0.25, 0.3) is 0 Å². The van der Waals surface area contributed by atoms with Gasteiger partial charge >= 0.3 is 0 Å². The number of rotatable bonds is 6. The molecule has 7 heteroatoms. The van der Waals surface area contributed by atoms with Crippen molar-refractivity contribution in [1.82, 2.24) is 30.0 Å². The monoisotopic (exact) mass is 396 g/mol. The van der Waals surface area contributed by atoms with Crippen molar-refractivity contribution >= 4 is 5.91 Å². The number of nitrogens with zero attached hydrogens (tertiary/aromatic N) is 6. The normalized spacial score (nSPS) is 20.8. The van der Waals surface area contributed by atoms with Gasteiger partial charge in [0.15, 0.2) is 5.82 Å². The van der Waals surface area contributed by atoms with Crippen LogP contribution < -0.4 is 0 Å². The van der Waals surface area contributed by atoms with E-state index in [9.17, 15) is 4.79 Å². The van der Waals surface area contributed by atoms with Gasteiger partial charge in [-0.2, -0.15) is 0 Å². The molecule has 0 saturated carbocycles. The Bertz CT molecular complexity index is 784. The number of tetrazole rings is 1. The molecular weight excluding hydrogens is 364 g/mol. The molecule has 7 nitrogen and oxygen atoms in total. The zero-order valence-corrected chi connectivity index (χ0v) is 17.4. The highest BCUT2D eigenvalue weighted by Gasteiger charge is 2.33. The first kappa shape index (κ1) is 20.0. The van der Waals surface area contributed by atoms with Crippen molar-refractivity contribution in [2.75, 3.05) is 33.2 Å². The number of amides is 1. The van der Waals surface area contributed by atoms with E-state index in [4.69, 9.17) is 0 Å². The fourth-order valence-corrected chi connectivity index (χ4v) is 4.57. The predicted octanol–water partition coefficient (Wildman–Crippen LogP) is 2.35. The van der Waals surface area contributed by atoms with E-state index in [0.717, 1.165) is 77.1 Å². The van der Waals surface area contributed by atoms with E-state index in [1.165, 1.54) is 5.56 Å². The highest BCUT2D eigenvalue weighted by atomic mass is 16.2. The van der Waals surface area contributed by atoms with Gasteiger partial charge in [-0.15, -0.1) is 5.10 Å². The average molecular weight is 397 g/mol. The molecule has 3 heterocycles. The molecule has 0 aliphatic carbocycles. The summed E-state index contributed by atoms with van der Waals surface area (Å²) in [6, 6.07) is 10.5. The van der Waals surface area contributed by atoms with Crippen LogP contribution in [0.5, 0.6) is 0 Å². The Morgan fingerprint density at radius 3 is 2.69 bits per heavy atom. The molecule has 1 aromatic carbocycles. The SMILES string of the molecule is CN1CCC(CN(CCc2ccccc2)C(=O)[C@@H]2CCCCn3nnnc32)CC1. The summed E-state index contributed by atoms with van der Waals surface area (Å²) in [6.07, 6.45) is 6.11. The maximum Gasteiger partial charge on any atom is 0.233 e. The summed E-state index contributed by atoms with van der Waals surface area (Å²) in [5, 5.41) is 12.2. The van der Waals surface area contributed by atoms with E-state index >= 15 is 0 Å². The summed E-state index contributed by atoms with van der Waals surface area (Å²) >= 11 is 0. The van der Waals surface area contributed by atoms with E-state index in [-0.39, 0.29) is 11.8 Å². The highest BCUT2D eigenvalue weighted by molar-refractivity contribution is 5.83. The minimum Gasteiger partial charge on any atom is -0.341 e. The lowest BCUT2D eigenvalue weighted by molar-refractivity contribution is -0.134. The Morgan fingerprint density at radius 2 is 1.90 bits per heavy atom. The second kappa shape index (κ2) is 9.48. The molecule has 29 heavy (non-hydrogen) atoms. The molecule has 1 atom stereocenters. The topological polar surface area (TPSA) is 67.2 Å². The predicted molar refractivity (Wildman–Crippen MR) is 111 cm³/mol. The molecule has 0 unspecified atom stereocenters. The van der Waals surface area contributed by atoms with E-state index in [1.54, 1.807) is 0 Å². The number of hydrogen-bond donors (Lipinski definition) is 0. The lowest BCUT2D eigenvalue weighted by atomic mass is 9.94. The lowest BCUT2D eigenvalue weighted by Gasteiger charge is -2.34. The van der Waals surface area contributed by atoms with E-state index < -0.39 is 0 Å². The summed E-state index contributed by atoms with van der Waals surface area (Å²) in [5.41, 5.74) is 1.28. The molecule has 1 aromatic heterocycles. The van der Waals surface area contributed by atoms with Gasteiger partial charge < -0.3 is 9.80 Å². The zero-order chi connectivity index (χ0) is 20.1. The van der Waals surface area contributed by atoms with Crippen LogP contribution in [0.4, 0.5) is 0 Å². The number of aromatic nitrogens is 4. The standard InChI is InChI=1S/C22H32N6O/c1-26-14-10-19(11-15-26)17-27(16-12-18-7-3-2-4-8-18)22(29)20-9-5-6-13-28-21(20)23-24-25-28/h2-4,7-8,19-20H,5-6,9-17H2,1H3/t20-/m1/s1. The number of aryl methyl sites for hydroxylation is 1. The van der Waals surface area contributed by atoms with Gasteiger partial charge in [-0.3, -0.25) is 4.79 Å². The third-order valence-electron chi connectivity index (χ3n) is 6.42. The second-order valence-electron chi connectivity index (χ2n) is 8.58. The number of carbonyl (C=O) groups is 1. The average Bonchev–Trinajstić information content (AvgIpc) is 3.12. The molecule has 0 spiro atoms. The lowest BCUT2D eigenvalue weighted by Crippen LogP contribution is -2.43. The van der Waals surface area contributed by atoms with Crippen molar-refractivity contribution in [1.29, 1.82) is 0 Å². The van der Waals surface area contributed by atoms with Gasteiger partial charge in [0.25, 0.3) is 0 Å². The van der Waals surface area contributed by atoms with Gasteiger partial charge in [-0.25, -0.2) is 4.68 Å². The molecule has 2 aliphatic heterocycles. The number of piperidine rings is 1. The fourth-order valence-electron chi connectivity index (χ4n) is 4.57. The first-order valence-electron chi connectivity index (χ1n) is 11.0. The maximum absolute atomic E-state index is 13.7. The van der Waals surface area contributed by atoms with Crippen LogP contribution in [0, 0.1) is 5.92 Å². The largest absolute Gasteiger partial charge is 0.341 e. The van der Waals surface area contributed by atoms with Crippen LogP contribution in [0.1, 0.15) is 49.4 Å². The smallest absolute Gasteiger partial charge is 0.233 e. The summed E-state index contributed by atoms with van der Waals surface area (Å²) in [5.74, 6) is 1.32. The molecule has 156 valence electrons. The van der Waals surface area contributed by atoms with Gasteiger partial charge in [-0.05, 0) is 74.1 Å². The van der Waals surface area contributed by atoms with Crippen LogP contribution in [0.3, 0.4) is 0 Å². The van der Waals surface area contributed by atoms with Crippen LogP contribution in [-0.2, 0) is 17.8 Å². The minimum atomic E-state index is -0.213. The molecule has 1 fully saturated rings. The molecule has 0 bridgehead atoms.